The van der Waals surface area contributed by atoms with Crippen LogP contribution in [0.5, 0.6) is 0 Å². The van der Waals surface area contributed by atoms with Crippen LogP contribution in [-0.4, -0.2) is 0 Å². The van der Waals surface area contributed by atoms with Crippen molar-refractivity contribution in [2.24, 2.45) is 5.92 Å². The van der Waals surface area contributed by atoms with Crippen LogP contribution in [0.3, 0.4) is 0 Å². The van der Waals surface area contributed by atoms with Crippen LogP contribution in [0.2, 0.25) is 0 Å². The summed E-state index contributed by atoms with van der Waals surface area (Å²) in [6, 6.07) is 12.7. The third kappa shape index (κ3) is 1.67. The Hall–Kier alpha value is -1.59. The molecule has 1 heterocycles. The Morgan fingerprint density at radius 1 is 1.35 bits per heavy atom. The molecule has 0 fully saturated rings. The number of rotatable bonds is 1. The van der Waals surface area contributed by atoms with E-state index in [0.717, 1.165) is 12.0 Å². The molecular formula is C15H13NS. The average molecular weight is 239 g/mol. The van der Waals surface area contributed by atoms with Crippen LogP contribution in [0.15, 0.2) is 35.7 Å². The summed E-state index contributed by atoms with van der Waals surface area (Å²) in [4.78, 5) is 1.42. The largest absolute Gasteiger partial charge is 0.192 e. The van der Waals surface area contributed by atoms with Crippen LogP contribution in [0, 0.1) is 17.2 Å². The van der Waals surface area contributed by atoms with Gasteiger partial charge in [-0.1, -0.05) is 19.1 Å². The minimum Gasteiger partial charge on any atom is -0.192 e. The molecule has 0 bridgehead atoms. The molecule has 0 saturated carbocycles. The summed E-state index contributed by atoms with van der Waals surface area (Å²) >= 11 is 1.82. The smallest absolute Gasteiger partial charge is 0.0991 e. The molecule has 1 aromatic heterocycles. The fourth-order valence-electron chi connectivity index (χ4n) is 2.81. The number of hydrogen-bond acceptors (Lipinski definition) is 2. The van der Waals surface area contributed by atoms with Crippen molar-refractivity contribution < 1.29 is 0 Å². The number of nitrogens with zero attached hydrogens (tertiary/aromatic N) is 1. The van der Waals surface area contributed by atoms with Gasteiger partial charge in [0.05, 0.1) is 11.6 Å². The van der Waals surface area contributed by atoms with Crippen molar-refractivity contribution in [1.29, 1.82) is 5.26 Å². The molecule has 0 aliphatic heterocycles. The quantitative estimate of drug-likeness (QED) is 0.739. The van der Waals surface area contributed by atoms with Gasteiger partial charge in [-0.25, -0.2) is 0 Å². The molecule has 2 atom stereocenters. The second kappa shape index (κ2) is 4.01. The first-order valence-electron chi connectivity index (χ1n) is 5.86. The zero-order valence-corrected chi connectivity index (χ0v) is 10.5. The van der Waals surface area contributed by atoms with E-state index in [9.17, 15) is 0 Å². The molecule has 1 aliphatic carbocycles. The second-order valence-electron chi connectivity index (χ2n) is 4.70. The van der Waals surface area contributed by atoms with Gasteiger partial charge in [0.2, 0.25) is 0 Å². The first kappa shape index (κ1) is 10.6. The molecule has 1 aromatic carbocycles. The zero-order chi connectivity index (χ0) is 11.8. The van der Waals surface area contributed by atoms with Gasteiger partial charge in [-0.15, -0.1) is 11.3 Å². The lowest BCUT2D eigenvalue weighted by molar-refractivity contribution is 0.564. The van der Waals surface area contributed by atoms with Gasteiger partial charge in [-0.05, 0) is 47.0 Å². The minimum atomic E-state index is 0.485. The Labute approximate surface area is 105 Å². The third-order valence-electron chi connectivity index (χ3n) is 3.57. The summed E-state index contributed by atoms with van der Waals surface area (Å²) in [6.07, 6.45) is 1.13. The fourth-order valence-corrected chi connectivity index (χ4v) is 3.79. The second-order valence-corrected chi connectivity index (χ2v) is 5.68. The molecule has 0 saturated heterocycles. The number of hydrogen-bond donors (Lipinski definition) is 0. The van der Waals surface area contributed by atoms with Gasteiger partial charge in [0.25, 0.3) is 0 Å². The normalized spacial score (nSPS) is 22.1. The molecular weight excluding hydrogens is 226 g/mol. The van der Waals surface area contributed by atoms with E-state index in [1.165, 1.54) is 16.0 Å². The van der Waals surface area contributed by atoms with Crippen LogP contribution < -0.4 is 0 Å². The highest BCUT2D eigenvalue weighted by Gasteiger charge is 2.31. The monoisotopic (exact) mass is 239 g/mol. The lowest BCUT2D eigenvalue weighted by Crippen LogP contribution is -2.03. The summed E-state index contributed by atoms with van der Waals surface area (Å²) in [5.74, 6) is 1.12. The third-order valence-corrected chi connectivity index (χ3v) is 4.53. The molecule has 3 rings (SSSR count). The van der Waals surface area contributed by atoms with E-state index >= 15 is 0 Å². The first-order valence-corrected chi connectivity index (χ1v) is 6.74. The minimum absolute atomic E-state index is 0.485. The molecule has 0 amide bonds. The molecule has 17 heavy (non-hydrogen) atoms. The van der Waals surface area contributed by atoms with Gasteiger partial charge in [-0.2, -0.15) is 5.26 Å². The molecule has 0 N–H and O–H groups in total. The molecule has 0 spiro atoms. The summed E-state index contributed by atoms with van der Waals surface area (Å²) in [5.41, 5.74) is 3.55. The maximum Gasteiger partial charge on any atom is 0.0991 e. The highest BCUT2D eigenvalue weighted by atomic mass is 32.1. The van der Waals surface area contributed by atoms with Gasteiger partial charge < -0.3 is 0 Å². The van der Waals surface area contributed by atoms with Crippen LogP contribution in [0.1, 0.15) is 34.4 Å². The predicted octanol–water partition coefficient (Wildman–Crippen LogP) is 3.94. The highest BCUT2D eigenvalue weighted by Crippen LogP contribution is 2.43. The van der Waals surface area contributed by atoms with E-state index in [4.69, 9.17) is 5.26 Å². The lowest BCUT2D eigenvalue weighted by Gasteiger charge is -2.14. The zero-order valence-electron chi connectivity index (χ0n) is 9.68. The van der Waals surface area contributed by atoms with Crippen molar-refractivity contribution in [2.45, 2.75) is 19.3 Å². The summed E-state index contributed by atoms with van der Waals surface area (Å²) in [5, 5.41) is 11.1. The van der Waals surface area contributed by atoms with Crippen LogP contribution >= 0.6 is 11.3 Å². The van der Waals surface area contributed by atoms with E-state index in [-0.39, 0.29) is 0 Å². The molecule has 2 aromatic rings. The molecule has 84 valence electrons. The van der Waals surface area contributed by atoms with E-state index in [1.54, 1.807) is 0 Å². The Kier molecular flexibility index (Phi) is 2.49. The Morgan fingerprint density at radius 2 is 2.24 bits per heavy atom. The summed E-state index contributed by atoms with van der Waals surface area (Å²) < 4.78 is 0. The van der Waals surface area contributed by atoms with Crippen molar-refractivity contribution in [3.8, 4) is 6.07 Å². The number of thiophene rings is 1. The van der Waals surface area contributed by atoms with Crippen molar-refractivity contribution in [1.82, 2.24) is 0 Å². The number of fused-ring (bicyclic) bond motifs is 1. The van der Waals surface area contributed by atoms with Crippen molar-refractivity contribution in [3.05, 3.63) is 57.3 Å². The van der Waals surface area contributed by atoms with E-state index in [1.807, 2.05) is 17.4 Å². The van der Waals surface area contributed by atoms with Crippen LogP contribution in [-0.2, 0) is 6.42 Å². The molecule has 0 radical (unpaired) electrons. The topological polar surface area (TPSA) is 23.8 Å². The highest BCUT2D eigenvalue weighted by molar-refractivity contribution is 7.10. The number of benzene rings is 1. The van der Waals surface area contributed by atoms with Crippen molar-refractivity contribution >= 4 is 11.3 Å². The maximum absolute atomic E-state index is 9.00. The Morgan fingerprint density at radius 3 is 2.94 bits per heavy atom. The van der Waals surface area contributed by atoms with E-state index in [2.05, 4.69) is 42.6 Å². The first-order chi connectivity index (χ1) is 8.29. The standard InChI is InChI=1S/C15H13NS/c1-10-7-12-5-4-11(9-16)8-13(12)15(10)14-3-2-6-17-14/h2-6,8,10,15H,7H2,1H3/t10-,15+/m0/s1. The summed E-state index contributed by atoms with van der Waals surface area (Å²) in [7, 11) is 0. The van der Waals surface area contributed by atoms with E-state index < -0.39 is 0 Å². The fraction of sp³-hybridized carbons (Fsp3) is 0.267. The van der Waals surface area contributed by atoms with Gasteiger partial charge in [0.15, 0.2) is 0 Å². The van der Waals surface area contributed by atoms with Crippen molar-refractivity contribution in [3.63, 3.8) is 0 Å². The Bertz CT molecular complexity index is 577. The molecule has 0 unspecified atom stereocenters. The van der Waals surface area contributed by atoms with Crippen LogP contribution in [0.25, 0.3) is 0 Å². The van der Waals surface area contributed by atoms with Crippen molar-refractivity contribution in [2.75, 3.05) is 0 Å². The molecule has 1 nitrogen and oxygen atoms in total. The van der Waals surface area contributed by atoms with Crippen LogP contribution in [0.4, 0.5) is 0 Å². The number of nitriles is 1. The van der Waals surface area contributed by atoms with E-state index in [0.29, 0.717) is 11.8 Å². The lowest BCUT2D eigenvalue weighted by atomic mass is 9.92. The van der Waals surface area contributed by atoms with Gasteiger partial charge in [-0.3, -0.25) is 0 Å². The maximum atomic E-state index is 9.00. The molecule has 1 aliphatic rings. The predicted molar refractivity (Wildman–Crippen MR) is 70.2 cm³/mol. The molecule has 2 heteroatoms. The van der Waals surface area contributed by atoms with Gasteiger partial charge >= 0.3 is 0 Å². The SMILES string of the molecule is C[C@H]1Cc2ccc(C#N)cc2[C@@H]1c1cccs1. The average Bonchev–Trinajstić information content (AvgIpc) is 2.93. The van der Waals surface area contributed by atoms with Gasteiger partial charge in [0, 0.05) is 10.8 Å². The summed E-state index contributed by atoms with van der Waals surface area (Å²) in [6.45, 7) is 2.30. The van der Waals surface area contributed by atoms with Gasteiger partial charge in [0.1, 0.15) is 0 Å². The Balaban J connectivity index is 2.12.